The molecule has 1 unspecified atom stereocenters. The van der Waals surface area contributed by atoms with Gasteiger partial charge in [-0.05, 0) is 26.0 Å². The lowest BCUT2D eigenvalue weighted by Crippen LogP contribution is -2.54. The highest BCUT2D eigenvalue weighted by atomic mass is 19.1. The summed E-state index contributed by atoms with van der Waals surface area (Å²) in [5.41, 5.74) is 9.72. The van der Waals surface area contributed by atoms with Crippen LogP contribution in [0.1, 0.15) is 19.4 Å². The summed E-state index contributed by atoms with van der Waals surface area (Å²) < 4.78 is 38.9. The fourth-order valence-corrected chi connectivity index (χ4v) is 2.24. The number of nitrogens with zero attached hydrogens (tertiary/aromatic N) is 2. The smallest absolute Gasteiger partial charge is 0.240 e. The molecule has 0 amide bonds. The molecule has 2 heterocycles. The minimum Gasteiger partial charge on any atom is -0.454 e. The summed E-state index contributed by atoms with van der Waals surface area (Å²) in [6, 6.07) is 2.56. The molecule has 2 aliphatic heterocycles. The lowest BCUT2D eigenvalue weighted by Gasteiger charge is -2.31. The van der Waals surface area contributed by atoms with Gasteiger partial charge in [-0.25, -0.2) is 18.8 Å². The lowest BCUT2D eigenvalue weighted by atomic mass is 10.0. The predicted molar refractivity (Wildman–Crippen MR) is 75.8 cm³/mol. The van der Waals surface area contributed by atoms with E-state index in [1.54, 1.807) is 0 Å². The van der Waals surface area contributed by atoms with Crippen molar-refractivity contribution in [3.05, 3.63) is 23.5 Å². The highest BCUT2D eigenvalue weighted by Gasteiger charge is 2.41. The number of alkyl halides is 1. The number of amidine groups is 1. The summed E-state index contributed by atoms with van der Waals surface area (Å²) in [7, 11) is 0. The van der Waals surface area contributed by atoms with E-state index in [4.69, 9.17) is 20.9 Å². The summed E-state index contributed by atoms with van der Waals surface area (Å²) >= 11 is 0. The van der Waals surface area contributed by atoms with E-state index < -0.39 is 17.3 Å². The molecule has 0 aliphatic carbocycles. The van der Waals surface area contributed by atoms with Gasteiger partial charge in [0.1, 0.15) is 11.7 Å². The lowest BCUT2D eigenvalue weighted by molar-refractivity contribution is 0.171. The normalized spacial score (nSPS) is 23.7. The Morgan fingerprint density at radius 1 is 1.32 bits per heavy atom. The van der Waals surface area contributed by atoms with Gasteiger partial charge >= 0.3 is 0 Å². The molecule has 3 rings (SSSR count). The Morgan fingerprint density at radius 2 is 2.05 bits per heavy atom. The minimum atomic E-state index is -1.95. The Kier molecular flexibility index (Phi) is 2.99. The van der Waals surface area contributed by atoms with E-state index in [2.05, 4.69) is 15.3 Å². The average molecular weight is 311 g/mol. The summed E-state index contributed by atoms with van der Waals surface area (Å²) in [6.45, 7) is 2.46. The van der Waals surface area contributed by atoms with Crippen LogP contribution in [0.4, 0.5) is 8.78 Å². The van der Waals surface area contributed by atoms with Crippen molar-refractivity contribution in [2.45, 2.75) is 25.3 Å². The molecule has 1 aromatic carbocycles. The number of fused-ring (bicyclic) bond motifs is 1. The van der Waals surface area contributed by atoms with E-state index in [9.17, 15) is 8.78 Å². The largest absolute Gasteiger partial charge is 0.454 e. The Labute approximate surface area is 125 Å². The Bertz CT molecular complexity index is 698. The number of nitrogens with two attached hydrogens (primary N) is 2. The second-order valence-electron chi connectivity index (χ2n) is 5.44. The summed E-state index contributed by atoms with van der Waals surface area (Å²) in [4.78, 5) is 7.93. The molecule has 0 bridgehead atoms. The fourth-order valence-electron chi connectivity index (χ4n) is 2.24. The van der Waals surface area contributed by atoms with Gasteiger partial charge in [0.05, 0.1) is 5.56 Å². The van der Waals surface area contributed by atoms with Gasteiger partial charge in [0.25, 0.3) is 0 Å². The molecule has 2 aliphatic rings. The number of aliphatic imine (C=N–C) groups is 2. The van der Waals surface area contributed by atoms with Crippen LogP contribution in [0.2, 0.25) is 0 Å². The first-order valence-electron chi connectivity index (χ1n) is 6.50. The number of guanidine groups is 1. The van der Waals surface area contributed by atoms with Gasteiger partial charge in [-0.15, -0.1) is 0 Å². The molecule has 5 N–H and O–H groups in total. The van der Waals surface area contributed by atoms with E-state index in [1.165, 1.54) is 19.9 Å². The maximum Gasteiger partial charge on any atom is 0.240 e. The molecule has 0 fully saturated rings. The standard InChI is InChI=1S/C13H15F2N5O2/c1-12(2,15)10-18-11(16)20-13(17,19-10)8-6(14)3-4-7-9(8)22-5-21-7/h3-4H,5,17H2,1-2H3,(H3,16,18,19,20). The monoisotopic (exact) mass is 311 g/mol. The Morgan fingerprint density at radius 3 is 2.73 bits per heavy atom. The number of hydrogen-bond acceptors (Lipinski definition) is 7. The molecule has 0 spiro atoms. The summed E-state index contributed by atoms with van der Waals surface area (Å²) in [5.74, 6) is -2.58. The van der Waals surface area contributed by atoms with E-state index in [0.29, 0.717) is 5.75 Å². The van der Waals surface area contributed by atoms with Gasteiger partial charge < -0.3 is 20.5 Å². The molecule has 1 aromatic rings. The first-order chi connectivity index (χ1) is 10.2. The molecule has 9 heteroatoms. The highest BCUT2D eigenvalue weighted by molar-refractivity contribution is 6.04. The van der Waals surface area contributed by atoms with Crippen LogP contribution < -0.4 is 26.3 Å². The molecule has 7 nitrogen and oxygen atoms in total. The van der Waals surface area contributed by atoms with Gasteiger partial charge in [-0.3, -0.25) is 5.73 Å². The quantitative estimate of drug-likeness (QED) is 0.745. The highest BCUT2D eigenvalue weighted by Crippen LogP contribution is 2.43. The third-order valence-electron chi connectivity index (χ3n) is 3.24. The predicted octanol–water partition coefficient (Wildman–Crippen LogP) is 0.688. The average Bonchev–Trinajstić information content (AvgIpc) is 2.84. The maximum atomic E-state index is 14.3. The summed E-state index contributed by atoms with van der Waals surface area (Å²) in [6.07, 6.45) is 0. The van der Waals surface area contributed by atoms with Crippen LogP contribution in [0.15, 0.2) is 22.1 Å². The molecule has 22 heavy (non-hydrogen) atoms. The van der Waals surface area contributed by atoms with E-state index in [1.807, 2.05) is 0 Å². The molecule has 0 saturated heterocycles. The number of ether oxygens (including phenoxy) is 2. The second kappa shape index (κ2) is 4.54. The zero-order chi connectivity index (χ0) is 16.1. The summed E-state index contributed by atoms with van der Waals surface area (Å²) in [5, 5.41) is 2.50. The third kappa shape index (κ3) is 2.23. The first kappa shape index (κ1) is 14.5. The van der Waals surface area contributed by atoms with E-state index in [-0.39, 0.29) is 29.9 Å². The topological polar surface area (TPSA) is 107 Å². The molecule has 0 aromatic heterocycles. The van der Waals surface area contributed by atoms with Crippen molar-refractivity contribution < 1.29 is 18.3 Å². The fraction of sp³-hybridized carbons (Fsp3) is 0.385. The van der Waals surface area contributed by atoms with E-state index in [0.717, 1.165) is 6.07 Å². The van der Waals surface area contributed by atoms with Crippen LogP contribution in [0.5, 0.6) is 11.5 Å². The second-order valence-corrected chi connectivity index (χ2v) is 5.44. The molecule has 0 radical (unpaired) electrons. The number of benzene rings is 1. The SMILES string of the molecule is CC(C)(F)C1=NC(N)(c2c(F)ccc3c2OCO3)N=C(N)N1. The Hall–Kier alpha value is -2.42. The number of halogens is 2. The van der Waals surface area contributed by atoms with Crippen molar-refractivity contribution in [1.29, 1.82) is 0 Å². The maximum absolute atomic E-state index is 14.3. The third-order valence-corrected chi connectivity index (χ3v) is 3.24. The van der Waals surface area contributed by atoms with Crippen LogP contribution in [0.25, 0.3) is 0 Å². The number of nitrogens with one attached hydrogen (secondary N) is 1. The Balaban J connectivity index is 2.20. The van der Waals surface area contributed by atoms with E-state index >= 15 is 0 Å². The van der Waals surface area contributed by atoms with Gasteiger partial charge in [-0.1, -0.05) is 0 Å². The van der Waals surface area contributed by atoms with Gasteiger partial charge in [-0.2, -0.15) is 0 Å². The molecule has 118 valence electrons. The van der Waals surface area contributed by atoms with Gasteiger partial charge in [0.15, 0.2) is 23.1 Å². The number of rotatable bonds is 2. The molecular weight excluding hydrogens is 296 g/mol. The van der Waals surface area contributed by atoms with Crippen molar-refractivity contribution in [2.75, 3.05) is 6.79 Å². The van der Waals surface area contributed by atoms with Crippen molar-refractivity contribution >= 4 is 11.8 Å². The zero-order valence-corrected chi connectivity index (χ0v) is 12.0. The number of hydrogen-bond donors (Lipinski definition) is 3. The van der Waals surface area contributed by atoms with Crippen molar-refractivity contribution in [2.24, 2.45) is 21.5 Å². The van der Waals surface area contributed by atoms with Crippen molar-refractivity contribution in [3.8, 4) is 11.5 Å². The van der Waals surface area contributed by atoms with Crippen molar-refractivity contribution in [1.82, 2.24) is 5.32 Å². The van der Waals surface area contributed by atoms with Gasteiger partial charge in [0, 0.05) is 0 Å². The van der Waals surface area contributed by atoms with Gasteiger partial charge in [0.2, 0.25) is 12.6 Å². The van der Waals surface area contributed by atoms with Crippen LogP contribution in [-0.2, 0) is 5.79 Å². The van der Waals surface area contributed by atoms with Crippen LogP contribution in [-0.4, -0.2) is 24.3 Å². The van der Waals surface area contributed by atoms with Crippen LogP contribution in [0, 0.1) is 5.82 Å². The van der Waals surface area contributed by atoms with Crippen LogP contribution >= 0.6 is 0 Å². The van der Waals surface area contributed by atoms with Crippen LogP contribution in [0.3, 0.4) is 0 Å². The first-order valence-corrected chi connectivity index (χ1v) is 6.50. The molecule has 0 saturated carbocycles. The van der Waals surface area contributed by atoms with Crippen molar-refractivity contribution in [3.63, 3.8) is 0 Å². The molecule has 1 atom stereocenters. The molecular formula is C13H15F2N5O2. The minimum absolute atomic E-state index is 0.0789. The zero-order valence-electron chi connectivity index (χ0n) is 12.0.